The smallest absolute Gasteiger partial charge is 0.223 e. The minimum Gasteiger partial charge on any atom is -0.496 e. The zero-order chi connectivity index (χ0) is 20.6. The summed E-state index contributed by atoms with van der Waals surface area (Å²) in [5.74, 6) is 0.916. The molecule has 2 aromatic carbocycles. The number of para-hydroxylation sites is 1. The minimum atomic E-state index is -0.0224. The number of carbonyl (C=O) groups excluding carboxylic acids is 2. The Labute approximate surface area is 172 Å². The molecule has 1 fully saturated rings. The Bertz CT molecular complexity index is 824. The van der Waals surface area contributed by atoms with Crippen LogP contribution in [0.3, 0.4) is 0 Å². The summed E-state index contributed by atoms with van der Waals surface area (Å²) in [4.78, 5) is 25.0. The van der Waals surface area contributed by atoms with Crippen LogP contribution in [0.5, 0.6) is 5.75 Å². The van der Waals surface area contributed by atoms with Crippen molar-refractivity contribution < 1.29 is 14.3 Å². The van der Waals surface area contributed by atoms with Crippen LogP contribution in [0, 0.1) is 18.8 Å². The summed E-state index contributed by atoms with van der Waals surface area (Å²) < 4.78 is 5.33. The first-order chi connectivity index (χ1) is 14.1. The Morgan fingerprint density at radius 3 is 2.00 bits per heavy atom. The van der Waals surface area contributed by atoms with E-state index in [2.05, 4.69) is 22.8 Å². The normalized spacial score (nSPS) is 18.7. The van der Waals surface area contributed by atoms with Crippen LogP contribution < -0.4 is 15.4 Å². The van der Waals surface area contributed by atoms with Crippen molar-refractivity contribution in [2.45, 2.75) is 45.7 Å². The summed E-state index contributed by atoms with van der Waals surface area (Å²) in [6.07, 6.45) is 3.01. The van der Waals surface area contributed by atoms with Crippen LogP contribution in [-0.4, -0.2) is 18.9 Å². The van der Waals surface area contributed by atoms with E-state index in [4.69, 9.17) is 4.74 Å². The molecular formula is C24H30N2O3. The van der Waals surface area contributed by atoms with E-state index in [1.165, 1.54) is 5.56 Å². The maximum atomic E-state index is 12.5. The van der Waals surface area contributed by atoms with Gasteiger partial charge in [0, 0.05) is 30.5 Å². The van der Waals surface area contributed by atoms with Crippen LogP contribution in [0.2, 0.25) is 0 Å². The first-order valence-electron chi connectivity index (χ1n) is 10.3. The molecule has 0 spiro atoms. The standard InChI is InChI=1S/C24H30N2O3/c1-17-7-9-18(10-8-17)15-25-23(27)19-11-13-20(14-12-19)24(28)26-16-21-5-3-4-6-22(21)29-2/h3-10,19-20H,11-16H2,1-2H3,(H,25,27)(H,26,28). The van der Waals surface area contributed by atoms with Crippen LogP contribution in [0.15, 0.2) is 48.5 Å². The Hall–Kier alpha value is -2.82. The lowest BCUT2D eigenvalue weighted by atomic mass is 9.81. The molecule has 0 radical (unpaired) electrons. The number of hydrogen-bond donors (Lipinski definition) is 2. The van der Waals surface area contributed by atoms with Gasteiger partial charge in [0.1, 0.15) is 5.75 Å². The van der Waals surface area contributed by atoms with Gasteiger partial charge in [-0.05, 0) is 44.2 Å². The molecule has 1 aliphatic carbocycles. The highest BCUT2D eigenvalue weighted by Crippen LogP contribution is 2.29. The van der Waals surface area contributed by atoms with E-state index in [-0.39, 0.29) is 23.7 Å². The van der Waals surface area contributed by atoms with Crippen LogP contribution in [0.4, 0.5) is 0 Å². The van der Waals surface area contributed by atoms with Gasteiger partial charge in [0.05, 0.1) is 7.11 Å². The van der Waals surface area contributed by atoms with E-state index in [1.807, 2.05) is 43.3 Å². The lowest BCUT2D eigenvalue weighted by molar-refractivity contribution is -0.130. The summed E-state index contributed by atoms with van der Waals surface area (Å²) in [5, 5.41) is 6.06. The average molecular weight is 395 g/mol. The van der Waals surface area contributed by atoms with Gasteiger partial charge >= 0.3 is 0 Å². The SMILES string of the molecule is COc1ccccc1CNC(=O)C1CCC(C(=O)NCc2ccc(C)cc2)CC1. The van der Waals surface area contributed by atoms with Crippen LogP contribution >= 0.6 is 0 Å². The van der Waals surface area contributed by atoms with Gasteiger partial charge in [-0.25, -0.2) is 0 Å². The third kappa shape index (κ3) is 5.83. The van der Waals surface area contributed by atoms with Crippen molar-refractivity contribution in [2.75, 3.05) is 7.11 Å². The molecule has 0 unspecified atom stereocenters. The highest BCUT2D eigenvalue weighted by Gasteiger charge is 2.29. The zero-order valence-electron chi connectivity index (χ0n) is 17.2. The molecule has 0 aliphatic heterocycles. The lowest BCUT2D eigenvalue weighted by Gasteiger charge is -2.27. The van der Waals surface area contributed by atoms with Crippen molar-refractivity contribution in [3.8, 4) is 5.75 Å². The molecule has 1 aliphatic rings. The van der Waals surface area contributed by atoms with E-state index in [1.54, 1.807) is 7.11 Å². The fourth-order valence-electron chi connectivity index (χ4n) is 3.83. The Balaban J connectivity index is 1.41. The molecule has 5 heteroatoms. The first kappa shape index (κ1) is 20.9. The van der Waals surface area contributed by atoms with E-state index in [0.717, 1.165) is 42.6 Å². The van der Waals surface area contributed by atoms with Gasteiger partial charge in [-0.15, -0.1) is 0 Å². The largest absolute Gasteiger partial charge is 0.496 e. The van der Waals surface area contributed by atoms with Crippen molar-refractivity contribution >= 4 is 11.8 Å². The van der Waals surface area contributed by atoms with Crippen molar-refractivity contribution in [3.63, 3.8) is 0 Å². The summed E-state index contributed by atoms with van der Waals surface area (Å²) in [6, 6.07) is 15.9. The molecule has 29 heavy (non-hydrogen) atoms. The van der Waals surface area contributed by atoms with Gasteiger partial charge in [-0.1, -0.05) is 48.0 Å². The highest BCUT2D eigenvalue weighted by atomic mass is 16.5. The fraction of sp³-hybridized carbons (Fsp3) is 0.417. The first-order valence-corrected chi connectivity index (χ1v) is 10.3. The predicted octanol–water partition coefficient (Wildman–Crippen LogP) is 3.74. The summed E-state index contributed by atoms with van der Waals surface area (Å²) >= 11 is 0. The second kappa shape index (κ2) is 10.1. The number of methoxy groups -OCH3 is 1. The van der Waals surface area contributed by atoms with Crippen molar-refractivity contribution in [3.05, 3.63) is 65.2 Å². The number of ether oxygens (including phenoxy) is 1. The van der Waals surface area contributed by atoms with Crippen LogP contribution in [0.25, 0.3) is 0 Å². The Kier molecular flexibility index (Phi) is 7.28. The van der Waals surface area contributed by atoms with Crippen LogP contribution in [0.1, 0.15) is 42.4 Å². The number of hydrogen-bond acceptors (Lipinski definition) is 3. The molecule has 1 saturated carbocycles. The minimum absolute atomic E-state index is 0.00119. The Morgan fingerprint density at radius 2 is 1.41 bits per heavy atom. The van der Waals surface area contributed by atoms with E-state index in [0.29, 0.717) is 13.1 Å². The van der Waals surface area contributed by atoms with E-state index >= 15 is 0 Å². The molecule has 2 N–H and O–H groups in total. The average Bonchev–Trinajstić information content (AvgIpc) is 2.77. The molecule has 0 saturated heterocycles. The molecule has 2 amide bonds. The maximum Gasteiger partial charge on any atom is 0.223 e. The van der Waals surface area contributed by atoms with Crippen LogP contribution in [-0.2, 0) is 22.7 Å². The fourth-order valence-corrected chi connectivity index (χ4v) is 3.83. The van der Waals surface area contributed by atoms with Crippen molar-refractivity contribution in [2.24, 2.45) is 11.8 Å². The number of carbonyl (C=O) groups is 2. The quantitative estimate of drug-likeness (QED) is 0.752. The topological polar surface area (TPSA) is 67.4 Å². The number of rotatable bonds is 7. The van der Waals surface area contributed by atoms with E-state index < -0.39 is 0 Å². The summed E-state index contributed by atoms with van der Waals surface area (Å²) in [6.45, 7) is 3.06. The van der Waals surface area contributed by atoms with Gasteiger partial charge in [-0.2, -0.15) is 0 Å². The van der Waals surface area contributed by atoms with Gasteiger partial charge < -0.3 is 15.4 Å². The molecule has 2 aromatic rings. The van der Waals surface area contributed by atoms with E-state index in [9.17, 15) is 9.59 Å². The molecule has 3 rings (SSSR count). The summed E-state index contributed by atoms with van der Waals surface area (Å²) in [5.41, 5.74) is 3.28. The lowest BCUT2D eigenvalue weighted by Crippen LogP contribution is -2.37. The molecule has 5 nitrogen and oxygen atoms in total. The second-order valence-electron chi connectivity index (χ2n) is 7.78. The molecule has 0 aromatic heterocycles. The van der Waals surface area contributed by atoms with Gasteiger partial charge in [-0.3, -0.25) is 9.59 Å². The van der Waals surface area contributed by atoms with Gasteiger partial charge in [0.25, 0.3) is 0 Å². The second-order valence-corrected chi connectivity index (χ2v) is 7.78. The third-order valence-corrected chi connectivity index (χ3v) is 5.70. The summed E-state index contributed by atoms with van der Waals surface area (Å²) in [7, 11) is 1.63. The number of nitrogens with one attached hydrogen (secondary N) is 2. The van der Waals surface area contributed by atoms with Crippen molar-refractivity contribution in [1.82, 2.24) is 10.6 Å². The number of aryl methyl sites for hydroxylation is 1. The molecule has 0 heterocycles. The predicted molar refractivity (Wildman–Crippen MR) is 113 cm³/mol. The number of amides is 2. The van der Waals surface area contributed by atoms with Gasteiger partial charge in [0.15, 0.2) is 0 Å². The molecule has 0 atom stereocenters. The van der Waals surface area contributed by atoms with Crippen molar-refractivity contribution in [1.29, 1.82) is 0 Å². The molecule has 154 valence electrons. The highest BCUT2D eigenvalue weighted by molar-refractivity contribution is 5.81. The monoisotopic (exact) mass is 394 g/mol. The zero-order valence-corrected chi connectivity index (χ0v) is 17.2. The molecule has 0 bridgehead atoms. The Morgan fingerprint density at radius 1 is 0.862 bits per heavy atom. The number of benzene rings is 2. The van der Waals surface area contributed by atoms with Gasteiger partial charge in [0.2, 0.25) is 11.8 Å². The third-order valence-electron chi connectivity index (χ3n) is 5.70. The molecular weight excluding hydrogens is 364 g/mol. The maximum absolute atomic E-state index is 12.5.